The number of likely N-dealkylation sites (tertiary alicyclic amines) is 1. The first-order valence-corrected chi connectivity index (χ1v) is 6.89. The molecular formula is C15H20N2O3. The Morgan fingerprint density at radius 1 is 1.20 bits per heavy atom. The summed E-state index contributed by atoms with van der Waals surface area (Å²) in [6, 6.07) is 6.77. The van der Waals surface area contributed by atoms with Crippen LogP contribution in [0.5, 0.6) is 5.75 Å². The Hall–Kier alpha value is -2.04. The van der Waals surface area contributed by atoms with E-state index >= 15 is 0 Å². The topological polar surface area (TPSA) is 58.6 Å². The van der Waals surface area contributed by atoms with Gasteiger partial charge in [0, 0.05) is 25.7 Å². The van der Waals surface area contributed by atoms with Crippen LogP contribution in [-0.2, 0) is 4.79 Å². The summed E-state index contributed by atoms with van der Waals surface area (Å²) in [6.45, 7) is 5.16. The minimum absolute atomic E-state index is 0.128. The third kappa shape index (κ3) is 3.98. The fourth-order valence-corrected chi connectivity index (χ4v) is 2.17. The van der Waals surface area contributed by atoms with Crippen LogP contribution in [0, 0.1) is 5.92 Å². The average molecular weight is 276 g/mol. The minimum Gasteiger partial charge on any atom is -0.410 e. The molecule has 108 valence electrons. The fraction of sp³-hybridized carbons (Fsp3) is 0.467. The van der Waals surface area contributed by atoms with Crippen molar-refractivity contribution in [3.05, 3.63) is 24.3 Å². The zero-order chi connectivity index (χ0) is 14.5. The quantitative estimate of drug-likeness (QED) is 0.903. The molecule has 1 aliphatic rings. The Balaban J connectivity index is 1.89. The van der Waals surface area contributed by atoms with Gasteiger partial charge in [0.05, 0.1) is 0 Å². The van der Waals surface area contributed by atoms with Crippen molar-refractivity contribution in [3.8, 4) is 5.75 Å². The summed E-state index contributed by atoms with van der Waals surface area (Å²) in [7, 11) is 0. The number of hydrogen-bond donors (Lipinski definition) is 1. The number of carbonyl (C=O) groups is 2. The summed E-state index contributed by atoms with van der Waals surface area (Å²) in [5.74, 6) is 1.04. The molecule has 5 heteroatoms. The average Bonchev–Trinajstić information content (AvgIpc) is 2.41. The molecule has 0 aromatic heterocycles. The number of ether oxygens (including phenoxy) is 1. The molecule has 20 heavy (non-hydrogen) atoms. The monoisotopic (exact) mass is 276 g/mol. The molecule has 1 aliphatic heterocycles. The molecule has 1 N–H and O–H groups in total. The number of hydrogen-bond acceptors (Lipinski definition) is 3. The lowest BCUT2D eigenvalue weighted by atomic mass is 10.00. The minimum atomic E-state index is -0.302. The molecule has 1 saturated heterocycles. The summed E-state index contributed by atoms with van der Waals surface area (Å²) in [5.41, 5.74) is 0.684. The molecule has 2 amide bonds. The fourth-order valence-electron chi connectivity index (χ4n) is 2.17. The molecule has 5 nitrogen and oxygen atoms in total. The largest absolute Gasteiger partial charge is 0.415 e. The summed E-state index contributed by atoms with van der Waals surface area (Å²) >= 11 is 0. The van der Waals surface area contributed by atoms with Crippen molar-refractivity contribution in [1.29, 1.82) is 0 Å². The second-order valence-corrected chi connectivity index (χ2v) is 5.24. The number of amides is 2. The van der Waals surface area contributed by atoms with Gasteiger partial charge in [-0.3, -0.25) is 4.79 Å². The highest BCUT2D eigenvalue weighted by atomic mass is 16.6. The SMILES string of the molecule is CC(=O)Nc1ccc(OC(=O)N2CCC(C)CC2)cc1. The standard InChI is InChI=1S/C15H20N2O3/c1-11-7-9-17(10-8-11)15(19)20-14-5-3-13(4-6-14)16-12(2)18/h3-6,11H,7-10H2,1-2H3,(H,16,18). The normalized spacial score (nSPS) is 15.8. The van der Waals surface area contributed by atoms with Crippen molar-refractivity contribution in [2.24, 2.45) is 5.92 Å². The number of rotatable bonds is 2. The van der Waals surface area contributed by atoms with E-state index in [0.29, 0.717) is 17.4 Å². The zero-order valence-corrected chi connectivity index (χ0v) is 11.9. The van der Waals surface area contributed by atoms with E-state index in [1.165, 1.54) is 6.92 Å². The van der Waals surface area contributed by atoms with Gasteiger partial charge in [-0.15, -0.1) is 0 Å². The molecule has 0 unspecified atom stereocenters. The van der Waals surface area contributed by atoms with Crippen LogP contribution in [0.2, 0.25) is 0 Å². The predicted octanol–water partition coefficient (Wildman–Crippen LogP) is 2.88. The first-order valence-electron chi connectivity index (χ1n) is 6.89. The molecule has 0 aliphatic carbocycles. The van der Waals surface area contributed by atoms with Gasteiger partial charge in [-0.25, -0.2) is 4.79 Å². The predicted molar refractivity (Wildman–Crippen MR) is 76.7 cm³/mol. The van der Waals surface area contributed by atoms with Crippen LogP contribution in [0.1, 0.15) is 26.7 Å². The van der Waals surface area contributed by atoms with Gasteiger partial charge >= 0.3 is 6.09 Å². The molecule has 2 rings (SSSR count). The molecule has 1 fully saturated rings. The number of nitrogens with one attached hydrogen (secondary N) is 1. The van der Waals surface area contributed by atoms with Crippen LogP contribution < -0.4 is 10.1 Å². The number of benzene rings is 1. The number of anilines is 1. The second kappa shape index (κ2) is 6.41. The first-order chi connectivity index (χ1) is 9.54. The van der Waals surface area contributed by atoms with E-state index in [9.17, 15) is 9.59 Å². The van der Waals surface area contributed by atoms with Crippen molar-refractivity contribution in [1.82, 2.24) is 4.90 Å². The van der Waals surface area contributed by atoms with Crippen LogP contribution in [0.3, 0.4) is 0 Å². The van der Waals surface area contributed by atoms with Gasteiger partial charge in [0.1, 0.15) is 5.75 Å². The molecule has 0 bridgehead atoms. The highest BCUT2D eigenvalue weighted by Crippen LogP contribution is 2.19. The third-order valence-corrected chi connectivity index (χ3v) is 3.42. The Morgan fingerprint density at radius 3 is 2.35 bits per heavy atom. The summed E-state index contributed by atoms with van der Waals surface area (Å²) in [4.78, 5) is 24.6. The molecule has 0 atom stereocenters. The van der Waals surface area contributed by atoms with Crippen molar-refractivity contribution < 1.29 is 14.3 Å². The van der Waals surface area contributed by atoms with Crippen molar-refractivity contribution >= 4 is 17.7 Å². The zero-order valence-electron chi connectivity index (χ0n) is 11.9. The van der Waals surface area contributed by atoms with Crippen molar-refractivity contribution in [2.45, 2.75) is 26.7 Å². The first kappa shape index (κ1) is 14.4. The maximum atomic E-state index is 12.0. The van der Waals surface area contributed by atoms with Gasteiger partial charge in [-0.05, 0) is 43.0 Å². The molecule has 1 aromatic rings. The maximum Gasteiger partial charge on any atom is 0.415 e. The molecule has 0 spiro atoms. The lowest BCUT2D eigenvalue weighted by Gasteiger charge is -2.29. The number of piperidine rings is 1. The van der Waals surface area contributed by atoms with Crippen LogP contribution >= 0.6 is 0 Å². The molecule has 0 radical (unpaired) electrons. The van der Waals surface area contributed by atoms with E-state index < -0.39 is 0 Å². The molecular weight excluding hydrogens is 256 g/mol. The van der Waals surface area contributed by atoms with Crippen LogP contribution in [0.25, 0.3) is 0 Å². The Labute approximate surface area is 118 Å². The van der Waals surface area contributed by atoms with Gasteiger partial charge in [-0.2, -0.15) is 0 Å². The number of nitrogens with zero attached hydrogens (tertiary/aromatic N) is 1. The van der Waals surface area contributed by atoms with E-state index in [1.807, 2.05) is 0 Å². The molecule has 1 heterocycles. The van der Waals surface area contributed by atoms with Gasteiger partial charge in [0.2, 0.25) is 5.91 Å². The summed E-state index contributed by atoms with van der Waals surface area (Å²) in [6.07, 6.45) is 1.75. The van der Waals surface area contributed by atoms with Crippen molar-refractivity contribution in [3.63, 3.8) is 0 Å². The second-order valence-electron chi connectivity index (χ2n) is 5.24. The number of carbonyl (C=O) groups excluding carboxylic acids is 2. The van der Waals surface area contributed by atoms with Crippen LogP contribution in [-0.4, -0.2) is 30.0 Å². The maximum absolute atomic E-state index is 12.0. The van der Waals surface area contributed by atoms with E-state index in [1.54, 1.807) is 29.2 Å². The van der Waals surface area contributed by atoms with Gasteiger partial charge in [0.25, 0.3) is 0 Å². The van der Waals surface area contributed by atoms with Gasteiger partial charge in [-0.1, -0.05) is 6.92 Å². The Bertz CT molecular complexity index is 476. The lowest BCUT2D eigenvalue weighted by molar-refractivity contribution is -0.114. The third-order valence-electron chi connectivity index (χ3n) is 3.42. The molecule has 1 aromatic carbocycles. The summed E-state index contributed by atoms with van der Waals surface area (Å²) in [5, 5.41) is 2.66. The van der Waals surface area contributed by atoms with E-state index in [2.05, 4.69) is 12.2 Å². The van der Waals surface area contributed by atoms with Crippen LogP contribution in [0.15, 0.2) is 24.3 Å². The van der Waals surface area contributed by atoms with E-state index in [-0.39, 0.29) is 12.0 Å². The summed E-state index contributed by atoms with van der Waals surface area (Å²) < 4.78 is 5.32. The lowest BCUT2D eigenvalue weighted by Crippen LogP contribution is -2.39. The highest BCUT2D eigenvalue weighted by molar-refractivity contribution is 5.88. The van der Waals surface area contributed by atoms with Gasteiger partial charge < -0.3 is 15.0 Å². The van der Waals surface area contributed by atoms with Gasteiger partial charge in [0.15, 0.2) is 0 Å². The Morgan fingerprint density at radius 2 is 1.80 bits per heavy atom. The van der Waals surface area contributed by atoms with Crippen LogP contribution in [0.4, 0.5) is 10.5 Å². The smallest absolute Gasteiger partial charge is 0.410 e. The Kier molecular flexibility index (Phi) is 4.61. The van der Waals surface area contributed by atoms with E-state index in [0.717, 1.165) is 25.9 Å². The molecule has 0 saturated carbocycles. The van der Waals surface area contributed by atoms with Crippen molar-refractivity contribution in [2.75, 3.05) is 18.4 Å². The highest BCUT2D eigenvalue weighted by Gasteiger charge is 2.21. The van der Waals surface area contributed by atoms with E-state index in [4.69, 9.17) is 4.74 Å².